The molecule has 0 spiro atoms. The highest BCUT2D eigenvalue weighted by Crippen LogP contribution is 2.14. The molecular weight excluding hydrogens is 269 g/mol. The highest BCUT2D eigenvalue weighted by Gasteiger charge is 2.01. The van der Waals surface area contributed by atoms with Crippen LogP contribution in [0.4, 0.5) is 0 Å². The largest absolute Gasteiger partial charge is 0.480 e. The molecule has 0 unspecified atom stereocenters. The minimum Gasteiger partial charge on any atom is -0.480 e. The monoisotopic (exact) mass is 275 g/mol. The highest BCUT2D eigenvalue weighted by atomic mass is 127. The molecular formula is C7H6IN3O. The number of rotatable bonds is 1. The molecule has 62 valence electrons. The molecule has 0 bridgehead atoms. The maximum absolute atomic E-state index is 4.96. The molecule has 0 amide bonds. The summed E-state index contributed by atoms with van der Waals surface area (Å²) in [5.41, 5.74) is 0.997. The fraction of sp³-hybridized carbons (Fsp3) is 0.143. The Morgan fingerprint density at radius 1 is 1.50 bits per heavy atom. The molecule has 0 aliphatic heterocycles. The predicted molar refractivity (Wildman–Crippen MR) is 52.3 cm³/mol. The number of hydrogen-bond acceptors (Lipinski definition) is 3. The molecule has 0 atom stereocenters. The molecule has 2 aromatic rings. The molecule has 2 heterocycles. The average molecular weight is 275 g/mol. The summed E-state index contributed by atoms with van der Waals surface area (Å²) in [4.78, 5) is 4.07. The summed E-state index contributed by atoms with van der Waals surface area (Å²) in [6.45, 7) is 0. The third-order valence-electron chi connectivity index (χ3n) is 1.54. The molecule has 4 nitrogen and oxygen atoms in total. The summed E-state index contributed by atoms with van der Waals surface area (Å²) in [6.07, 6.45) is 5.28. The molecule has 0 aliphatic rings. The maximum Gasteiger partial charge on any atom is 0.232 e. The lowest BCUT2D eigenvalue weighted by Gasteiger charge is -1.97. The van der Waals surface area contributed by atoms with Gasteiger partial charge in [0.05, 0.1) is 34.8 Å². The van der Waals surface area contributed by atoms with Gasteiger partial charge in [0.2, 0.25) is 5.88 Å². The molecule has 2 rings (SSSR count). The Labute approximate surface area is 82.7 Å². The molecule has 5 heteroatoms. The van der Waals surface area contributed by atoms with Crippen molar-refractivity contribution in [3.63, 3.8) is 0 Å². The zero-order valence-corrected chi connectivity index (χ0v) is 8.52. The smallest absolute Gasteiger partial charge is 0.232 e. The number of hydrogen-bond donors (Lipinski definition) is 0. The van der Waals surface area contributed by atoms with E-state index in [2.05, 4.69) is 32.7 Å². The lowest BCUT2D eigenvalue weighted by Crippen LogP contribution is -1.92. The van der Waals surface area contributed by atoms with E-state index in [-0.39, 0.29) is 0 Å². The van der Waals surface area contributed by atoms with Crippen LogP contribution in [0.5, 0.6) is 5.88 Å². The van der Waals surface area contributed by atoms with Crippen LogP contribution in [0, 0.1) is 3.57 Å². The van der Waals surface area contributed by atoms with Gasteiger partial charge in [0.1, 0.15) is 0 Å². The van der Waals surface area contributed by atoms with E-state index < -0.39 is 0 Å². The SMILES string of the molecule is COc1cn2ncc(I)c2cn1. The van der Waals surface area contributed by atoms with E-state index in [0.29, 0.717) is 5.88 Å². The number of ether oxygens (including phenoxy) is 1. The lowest BCUT2D eigenvalue weighted by atomic mass is 10.5. The first-order valence-corrected chi connectivity index (χ1v) is 4.42. The van der Waals surface area contributed by atoms with Gasteiger partial charge in [-0.3, -0.25) is 0 Å². The van der Waals surface area contributed by atoms with Crippen molar-refractivity contribution in [2.45, 2.75) is 0 Å². The first-order valence-electron chi connectivity index (χ1n) is 3.34. The van der Waals surface area contributed by atoms with E-state index in [1.54, 1.807) is 30.2 Å². The molecule has 0 saturated heterocycles. The normalized spacial score (nSPS) is 10.5. The fourth-order valence-electron chi connectivity index (χ4n) is 0.942. The van der Waals surface area contributed by atoms with Crippen LogP contribution >= 0.6 is 22.6 Å². The molecule has 0 saturated carbocycles. The summed E-state index contributed by atoms with van der Waals surface area (Å²) in [7, 11) is 1.59. The van der Waals surface area contributed by atoms with Gasteiger partial charge in [-0.05, 0) is 22.6 Å². The van der Waals surface area contributed by atoms with E-state index >= 15 is 0 Å². The fourth-order valence-corrected chi connectivity index (χ4v) is 1.45. The number of aromatic nitrogens is 3. The van der Waals surface area contributed by atoms with E-state index in [4.69, 9.17) is 4.74 Å². The Bertz CT molecular complexity index is 412. The quantitative estimate of drug-likeness (QED) is 0.737. The third-order valence-corrected chi connectivity index (χ3v) is 2.37. The van der Waals surface area contributed by atoms with E-state index in [9.17, 15) is 0 Å². The standard InChI is InChI=1S/C7H6IN3O/c1-12-7-4-11-6(3-9-7)5(8)2-10-11/h2-4H,1H3. The van der Waals surface area contributed by atoms with Crippen LogP contribution in [0.2, 0.25) is 0 Å². The van der Waals surface area contributed by atoms with Crippen LogP contribution in [-0.2, 0) is 0 Å². The van der Waals surface area contributed by atoms with Crippen LogP contribution in [0.15, 0.2) is 18.6 Å². The molecule has 0 fully saturated rings. The van der Waals surface area contributed by atoms with Crippen LogP contribution in [0.1, 0.15) is 0 Å². The van der Waals surface area contributed by atoms with Crippen molar-refractivity contribution in [2.75, 3.05) is 7.11 Å². The van der Waals surface area contributed by atoms with E-state index in [0.717, 1.165) is 9.09 Å². The first-order chi connectivity index (χ1) is 5.81. The number of methoxy groups -OCH3 is 1. The number of halogens is 1. The zero-order chi connectivity index (χ0) is 8.55. The van der Waals surface area contributed by atoms with Gasteiger partial charge in [-0.15, -0.1) is 0 Å². The van der Waals surface area contributed by atoms with Gasteiger partial charge in [-0.2, -0.15) is 5.10 Å². The second kappa shape index (κ2) is 2.89. The summed E-state index contributed by atoms with van der Waals surface area (Å²) in [5.74, 6) is 0.571. The van der Waals surface area contributed by atoms with Crippen molar-refractivity contribution in [3.05, 3.63) is 22.2 Å². The summed E-state index contributed by atoms with van der Waals surface area (Å²) in [6, 6.07) is 0. The Morgan fingerprint density at radius 2 is 2.33 bits per heavy atom. The van der Waals surface area contributed by atoms with Gasteiger partial charge in [0.15, 0.2) is 0 Å². The van der Waals surface area contributed by atoms with Gasteiger partial charge >= 0.3 is 0 Å². The van der Waals surface area contributed by atoms with Crippen molar-refractivity contribution in [1.82, 2.24) is 14.6 Å². The Hall–Kier alpha value is -0.850. The maximum atomic E-state index is 4.96. The summed E-state index contributed by atoms with van der Waals surface area (Å²) < 4.78 is 7.79. The van der Waals surface area contributed by atoms with Crippen LogP contribution in [-0.4, -0.2) is 21.7 Å². The van der Waals surface area contributed by atoms with E-state index in [1.807, 2.05) is 0 Å². The number of fused-ring (bicyclic) bond motifs is 1. The van der Waals surface area contributed by atoms with Crippen molar-refractivity contribution in [1.29, 1.82) is 0 Å². The van der Waals surface area contributed by atoms with Crippen molar-refractivity contribution in [2.24, 2.45) is 0 Å². The van der Waals surface area contributed by atoms with Crippen LogP contribution in [0.3, 0.4) is 0 Å². The Balaban J connectivity index is 2.69. The molecule has 0 radical (unpaired) electrons. The molecule has 0 N–H and O–H groups in total. The number of nitrogens with zero attached hydrogens (tertiary/aromatic N) is 3. The Kier molecular flexibility index (Phi) is 1.87. The molecule has 0 aliphatic carbocycles. The molecule has 0 aromatic carbocycles. The van der Waals surface area contributed by atoms with Gasteiger partial charge < -0.3 is 4.74 Å². The second-order valence-electron chi connectivity index (χ2n) is 2.25. The topological polar surface area (TPSA) is 39.4 Å². The Morgan fingerprint density at radius 3 is 3.08 bits per heavy atom. The highest BCUT2D eigenvalue weighted by molar-refractivity contribution is 14.1. The van der Waals surface area contributed by atoms with Crippen LogP contribution < -0.4 is 4.74 Å². The minimum absolute atomic E-state index is 0.571. The van der Waals surface area contributed by atoms with Crippen molar-refractivity contribution >= 4 is 28.1 Å². The van der Waals surface area contributed by atoms with Gasteiger partial charge in [-0.1, -0.05) is 0 Å². The summed E-state index contributed by atoms with van der Waals surface area (Å²) in [5, 5.41) is 4.12. The molecule has 2 aromatic heterocycles. The third kappa shape index (κ3) is 1.13. The zero-order valence-electron chi connectivity index (χ0n) is 6.36. The van der Waals surface area contributed by atoms with Crippen molar-refractivity contribution < 1.29 is 4.74 Å². The van der Waals surface area contributed by atoms with Gasteiger partial charge in [-0.25, -0.2) is 9.50 Å². The second-order valence-corrected chi connectivity index (χ2v) is 3.41. The predicted octanol–water partition coefficient (Wildman–Crippen LogP) is 1.34. The molecule has 12 heavy (non-hydrogen) atoms. The van der Waals surface area contributed by atoms with Crippen LogP contribution in [0.25, 0.3) is 5.52 Å². The van der Waals surface area contributed by atoms with Gasteiger partial charge in [0.25, 0.3) is 0 Å². The first kappa shape index (κ1) is 7.78. The van der Waals surface area contributed by atoms with Gasteiger partial charge in [0, 0.05) is 0 Å². The van der Waals surface area contributed by atoms with E-state index in [1.165, 1.54) is 0 Å². The van der Waals surface area contributed by atoms with Crippen molar-refractivity contribution in [3.8, 4) is 5.88 Å². The lowest BCUT2D eigenvalue weighted by molar-refractivity contribution is 0.394. The summed E-state index contributed by atoms with van der Waals surface area (Å²) >= 11 is 2.21. The minimum atomic E-state index is 0.571. The average Bonchev–Trinajstić information content (AvgIpc) is 2.47.